The maximum Gasteiger partial charge on any atom is 0.312 e. The Hall–Kier alpha value is -2.05. The number of esters is 1. The van der Waals surface area contributed by atoms with Crippen molar-refractivity contribution in [3.05, 3.63) is 56.5 Å². The summed E-state index contributed by atoms with van der Waals surface area (Å²) in [5.74, 6) is -2.16. The van der Waals surface area contributed by atoms with Crippen LogP contribution >= 0.6 is 11.6 Å². The number of hydrogen-bond acceptors (Lipinski definition) is 4. The summed E-state index contributed by atoms with van der Waals surface area (Å²) in [5.41, 5.74) is -0.0831. The van der Waals surface area contributed by atoms with Gasteiger partial charge in [-0.1, -0.05) is 29.8 Å². The van der Waals surface area contributed by atoms with E-state index in [1.54, 1.807) is 38.1 Å². The third kappa shape index (κ3) is 2.65. The smallest absolute Gasteiger partial charge is 0.312 e. The normalized spacial score (nSPS) is 26.0. The van der Waals surface area contributed by atoms with Crippen LogP contribution in [0.3, 0.4) is 0 Å². The van der Waals surface area contributed by atoms with Crippen LogP contribution in [0.4, 0.5) is 0 Å². The zero-order valence-electron chi connectivity index (χ0n) is 13.4. The Bertz CT molecular complexity index is 824. The lowest BCUT2D eigenvalue weighted by Crippen LogP contribution is -2.50. The Labute approximate surface area is 143 Å². The highest BCUT2D eigenvalue weighted by Gasteiger charge is 2.51. The molecule has 0 fully saturated rings. The average Bonchev–Trinajstić information content (AvgIpc) is 2.86. The second-order valence-corrected chi connectivity index (χ2v) is 6.64. The van der Waals surface area contributed by atoms with Crippen LogP contribution in [0.5, 0.6) is 0 Å². The molecule has 1 aromatic heterocycles. The predicted octanol–water partition coefficient (Wildman–Crippen LogP) is 1.97. The Kier molecular flexibility index (Phi) is 4.27. The summed E-state index contributed by atoms with van der Waals surface area (Å²) in [7, 11) is 0. The number of ether oxygens (including phenoxy) is 1. The molecule has 1 aromatic carbocycles. The topological polar surface area (TPSA) is 95.2 Å². The summed E-state index contributed by atoms with van der Waals surface area (Å²) in [6.07, 6.45) is 0.144. The van der Waals surface area contributed by atoms with Crippen molar-refractivity contribution in [3.8, 4) is 0 Å². The van der Waals surface area contributed by atoms with Crippen molar-refractivity contribution in [3.63, 3.8) is 0 Å². The van der Waals surface area contributed by atoms with Crippen LogP contribution in [0.1, 0.15) is 36.6 Å². The highest BCUT2D eigenvalue weighted by Crippen LogP contribution is 2.46. The van der Waals surface area contributed by atoms with Crippen LogP contribution < -0.4 is 5.56 Å². The van der Waals surface area contributed by atoms with Gasteiger partial charge >= 0.3 is 5.97 Å². The van der Waals surface area contributed by atoms with Gasteiger partial charge in [-0.05, 0) is 25.5 Å². The molecule has 3 N–H and O–H groups in total. The summed E-state index contributed by atoms with van der Waals surface area (Å²) in [4.78, 5) is 24.9. The molecule has 1 aliphatic rings. The standard InChI is InChI=1S/C17H19ClN2O4/c1-3-24-16(22)14-12(9-6-4-5-7-10(9)18)13-11(8-17(14,2)23)19-20-15(13)21/h4-7,12,14,23H,3,8H2,1-2H3,(H2,19,20,21). The van der Waals surface area contributed by atoms with E-state index < -0.39 is 23.4 Å². The number of fused-ring (bicyclic) bond motifs is 1. The molecule has 1 aliphatic carbocycles. The molecule has 24 heavy (non-hydrogen) atoms. The lowest BCUT2D eigenvalue weighted by atomic mass is 9.66. The summed E-state index contributed by atoms with van der Waals surface area (Å²) in [6, 6.07) is 7.02. The van der Waals surface area contributed by atoms with Gasteiger partial charge in [-0.3, -0.25) is 14.7 Å². The fraction of sp³-hybridized carbons (Fsp3) is 0.412. The molecule has 0 amide bonds. The van der Waals surface area contributed by atoms with Crippen LogP contribution in [-0.4, -0.2) is 33.5 Å². The molecule has 0 saturated carbocycles. The molecule has 0 aliphatic heterocycles. The summed E-state index contributed by atoms with van der Waals surface area (Å²) in [6.45, 7) is 3.47. The number of halogens is 1. The van der Waals surface area contributed by atoms with E-state index in [-0.39, 0.29) is 18.6 Å². The Morgan fingerprint density at radius 3 is 2.79 bits per heavy atom. The molecule has 3 atom stereocenters. The van der Waals surface area contributed by atoms with Crippen molar-refractivity contribution < 1.29 is 14.6 Å². The van der Waals surface area contributed by atoms with Gasteiger partial charge < -0.3 is 14.9 Å². The summed E-state index contributed by atoms with van der Waals surface area (Å²) >= 11 is 6.33. The van der Waals surface area contributed by atoms with Crippen LogP contribution in [0.25, 0.3) is 0 Å². The molecule has 6 nitrogen and oxygen atoms in total. The van der Waals surface area contributed by atoms with Crippen molar-refractivity contribution >= 4 is 17.6 Å². The number of carbonyl (C=O) groups is 1. The van der Waals surface area contributed by atoms with Crippen molar-refractivity contribution in [2.45, 2.75) is 31.8 Å². The number of hydrogen-bond donors (Lipinski definition) is 3. The quantitative estimate of drug-likeness (QED) is 0.737. The number of aliphatic hydroxyl groups is 1. The van der Waals surface area contributed by atoms with Crippen molar-refractivity contribution in [1.82, 2.24) is 10.2 Å². The molecule has 2 aromatic rings. The Morgan fingerprint density at radius 1 is 1.42 bits per heavy atom. The molecule has 7 heteroatoms. The summed E-state index contributed by atoms with van der Waals surface area (Å²) in [5, 5.41) is 16.7. The van der Waals surface area contributed by atoms with Gasteiger partial charge in [0.2, 0.25) is 0 Å². The lowest BCUT2D eigenvalue weighted by molar-refractivity contribution is -0.159. The monoisotopic (exact) mass is 350 g/mol. The molecule has 0 spiro atoms. The SMILES string of the molecule is CCOC(=O)C1C(c2ccccc2Cl)c2c([nH][nH]c2=O)CC1(C)O. The predicted molar refractivity (Wildman–Crippen MR) is 89.2 cm³/mol. The van der Waals surface area contributed by atoms with E-state index in [0.29, 0.717) is 21.8 Å². The maximum atomic E-state index is 12.6. The first-order chi connectivity index (χ1) is 11.4. The van der Waals surface area contributed by atoms with Crippen molar-refractivity contribution in [1.29, 1.82) is 0 Å². The first-order valence-corrected chi connectivity index (χ1v) is 8.17. The third-order valence-electron chi connectivity index (χ3n) is 4.53. The van der Waals surface area contributed by atoms with Gasteiger partial charge in [0, 0.05) is 28.6 Å². The van der Waals surface area contributed by atoms with Crippen LogP contribution in [0, 0.1) is 5.92 Å². The van der Waals surface area contributed by atoms with Crippen LogP contribution in [0.15, 0.2) is 29.1 Å². The number of carbonyl (C=O) groups excluding carboxylic acids is 1. The molecule has 1 heterocycles. The minimum Gasteiger partial charge on any atom is -0.466 e. The van der Waals surface area contributed by atoms with E-state index in [2.05, 4.69) is 10.2 Å². The molecule has 128 valence electrons. The minimum absolute atomic E-state index is 0.144. The first-order valence-electron chi connectivity index (χ1n) is 7.79. The largest absolute Gasteiger partial charge is 0.466 e. The molecule has 0 radical (unpaired) electrons. The molecular weight excluding hydrogens is 332 g/mol. The van der Waals surface area contributed by atoms with Gasteiger partial charge in [0.25, 0.3) is 5.56 Å². The molecular formula is C17H19ClN2O4. The lowest BCUT2D eigenvalue weighted by Gasteiger charge is -2.40. The van der Waals surface area contributed by atoms with Gasteiger partial charge in [0.05, 0.1) is 18.1 Å². The Balaban J connectivity index is 2.25. The number of rotatable bonds is 3. The molecule has 3 rings (SSSR count). The van der Waals surface area contributed by atoms with Gasteiger partial charge in [-0.25, -0.2) is 0 Å². The van der Waals surface area contributed by atoms with Gasteiger partial charge in [-0.15, -0.1) is 0 Å². The fourth-order valence-electron chi connectivity index (χ4n) is 3.55. The van der Waals surface area contributed by atoms with Crippen LogP contribution in [-0.2, 0) is 16.0 Å². The maximum absolute atomic E-state index is 12.6. The van der Waals surface area contributed by atoms with Gasteiger partial charge in [0.1, 0.15) is 0 Å². The molecule has 0 saturated heterocycles. The molecule has 3 unspecified atom stereocenters. The van der Waals surface area contributed by atoms with Gasteiger partial charge in [0.15, 0.2) is 0 Å². The average molecular weight is 351 g/mol. The van der Waals surface area contributed by atoms with Gasteiger partial charge in [-0.2, -0.15) is 0 Å². The highest BCUT2D eigenvalue weighted by atomic mass is 35.5. The Morgan fingerprint density at radius 2 is 2.12 bits per heavy atom. The summed E-state index contributed by atoms with van der Waals surface area (Å²) < 4.78 is 5.18. The van der Waals surface area contributed by atoms with Crippen molar-refractivity contribution in [2.75, 3.05) is 6.61 Å². The van der Waals surface area contributed by atoms with Crippen LogP contribution in [0.2, 0.25) is 5.02 Å². The molecule has 0 bridgehead atoms. The zero-order valence-corrected chi connectivity index (χ0v) is 14.2. The second kappa shape index (κ2) is 6.11. The second-order valence-electron chi connectivity index (χ2n) is 6.23. The number of aromatic amines is 2. The fourth-order valence-corrected chi connectivity index (χ4v) is 3.80. The third-order valence-corrected chi connectivity index (χ3v) is 4.87. The van der Waals surface area contributed by atoms with E-state index >= 15 is 0 Å². The number of aromatic nitrogens is 2. The first kappa shape index (κ1) is 16.8. The van der Waals surface area contributed by atoms with E-state index in [1.165, 1.54) is 0 Å². The number of nitrogens with one attached hydrogen (secondary N) is 2. The number of H-pyrrole nitrogens is 2. The van der Waals surface area contributed by atoms with E-state index in [9.17, 15) is 14.7 Å². The minimum atomic E-state index is -1.38. The van der Waals surface area contributed by atoms with Crippen molar-refractivity contribution in [2.24, 2.45) is 5.92 Å². The highest BCUT2D eigenvalue weighted by molar-refractivity contribution is 6.31. The number of benzene rings is 1. The van der Waals surface area contributed by atoms with E-state index in [1.807, 2.05) is 0 Å². The van der Waals surface area contributed by atoms with E-state index in [0.717, 1.165) is 0 Å². The van der Waals surface area contributed by atoms with E-state index in [4.69, 9.17) is 16.3 Å². The zero-order chi connectivity index (χ0) is 17.5.